The van der Waals surface area contributed by atoms with Crippen LogP contribution in [-0.4, -0.2) is 8.96 Å². The van der Waals surface area contributed by atoms with Gasteiger partial charge in [-0.3, -0.25) is 0 Å². The molecule has 2 heteroatoms. The van der Waals surface area contributed by atoms with Gasteiger partial charge in [-0.25, -0.2) is 0 Å². The smallest absolute Gasteiger partial charge is 0.102 e. The molecule has 0 aromatic heterocycles. The molecular weight excluding hydrogens is 78.1 g/mol. The fourth-order valence-corrected chi connectivity index (χ4v) is 0. The molecule has 0 bridgehead atoms. The van der Waals surface area contributed by atoms with Crippen molar-refractivity contribution in [2.45, 2.75) is 13.1 Å². The minimum Gasteiger partial charge on any atom is -0.339 e. The second kappa shape index (κ2) is 2.42. The van der Waals surface area contributed by atoms with Crippen molar-refractivity contribution in [1.82, 2.24) is 4.98 Å². The summed E-state index contributed by atoms with van der Waals surface area (Å²) in [6.45, 7) is 4.38. The van der Waals surface area contributed by atoms with Crippen LogP contribution in [0.15, 0.2) is 0 Å². The second-order valence-electron chi connectivity index (χ2n) is 1.36. The van der Waals surface area contributed by atoms with Crippen LogP contribution in [-0.2, 0) is 0 Å². The lowest BCUT2D eigenvalue weighted by molar-refractivity contribution is 1.32. The maximum atomic E-state index is 3.50. The van der Waals surface area contributed by atoms with E-state index in [1.807, 2.05) is 0 Å². The van der Waals surface area contributed by atoms with Crippen molar-refractivity contribution in [3.63, 3.8) is 0 Å². The molecule has 0 saturated carbocycles. The van der Waals surface area contributed by atoms with Gasteiger partial charge in [0, 0.05) is 7.05 Å². The monoisotopic (exact) mass is 88.1 g/mol. The van der Waals surface area contributed by atoms with Gasteiger partial charge < -0.3 is 4.98 Å². The maximum absolute atomic E-state index is 3.50. The SMILES string of the molecule is [CH2]N[SiH](C)C. The first-order valence-electron chi connectivity index (χ1n) is 1.80. The highest BCUT2D eigenvalue weighted by Crippen LogP contribution is 1.63. The average Bonchev–Trinajstić information content (AvgIpc) is 1.38. The van der Waals surface area contributed by atoms with Crippen molar-refractivity contribution >= 4 is 8.96 Å². The highest BCUT2D eigenvalue weighted by molar-refractivity contribution is 6.52. The van der Waals surface area contributed by atoms with Crippen molar-refractivity contribution in [1.29, 1.82) is 0 Å². The van der Waals surface area contributed by atoms with Crippen LogP contribution < -0.4 is 4.98 Å². The van der Waals surface area contributed by atoms with Gasteiger partial charge in [0.05, 0.1) is 0 Å². The highest BCUT2D eigenvalue weighted by Gasteiger charge is 1.81. The minimum atomic E-state index is -0.511. The number of rotatable bonds is 1. The van der Waals surface area contributed by atoms with Gasteiger partial charge in [0.25, 0.3) is 0 Å². The fourth-order valence-electron chi connectivity index (χ4n) is 0. The van der Waals surface area contributed by atoms with Crippen LogP contribution in [0.25, 0.3) is 0 Å². The van der Waals surface area contributed by atoms with Gasteiger partial charge >= 0.3 is 0 Å². The van der Waals surface area contributed by atoms with Crippen LogP contribution in [0.5, 0.6) is 0 Å². The summed E-state index contributed by atoms with van der Waals surface area (Å²) in [4.78, 5) is 2.92. The normalized spacial score (nSPS) is 9.60. The third-order valence-electron chi connectivity index (χ3n) is 0.408. The van der Waals surface area contributed by atoms with Gasteiger partial charge in [-0.1, -0.05) is 13.1 Å². The van der Waals surface area contributed by atoms with Crippen molar-refractivity contribution in [3.8, 4) is 0 Å². The largest absolute Gasteiger partial charge is 0.339 e. The molecule has 0 unspecified atom stereocenters. The van der Waals surface area contributed by atoms with E-state index in [9.17, 15) is 0 Å². The Morgan fingerprint density at radius 2 is 1.80 bits per heavy atom. The minimum absolute atomic E-state index is 0.511. The Morgan fingerprint density at radius 1 is 1.60 bits per heavy atom. The third-order valence-corrected chi connectivity index (χ3v) is 1.22. The Balaban J connectivity index is 2.54. The Hall–Kier alpha value is 0.177. The van der Waals surface area contributed by atoms with Gasteiger partial charge in [-0.05, 0) is 0 Å². The first kappa shape index (κ1) is 5.18. The summed E-state index contributed by atoms with van der Waals surface area (Å²) in [6, 6.07) is 0. The van der Waals surface area contributed by atoms with E-state index in [1.165, 1.54) is 0 Å². The zero-order valence-electron chi connectivity index (χ0n) is 3.78. The van der Waals surface area contributed by atoms with Crippen LogP contribution in [0.3, 0.4) is 0 Å². The molecule has 0 amide bonds. The summed E-state index contributed by atoms with van der Waals surface area (Å²) in [6.07, 6.45) is 0. The zero-order valence-corrected chi connectivity index (χ0v) is 4.94. The van der Waals surface area contributed by atoms with Crippen molar-refractivity contribution in [2.75, 3.05) is 0 Å². The third kappa shape index (κ3) is 4.18. The molecule has 1 N–H and O–H groups in total. The van der Waals surface area contributed by atoms with Crippen LogP contribution >= 0.6 is 0 Å². The average molecular weight is 88.2 g/mol. The molecule has 0 aromatic rings. The molecule has 0 aromatic carbocycles. The quantitative estimate of drug-likeness (QED) is 0.456. The molecule has 0 saturated heterocycles. The topological polar surface area (TPSA) is 12.0 Å². The van der Waals surface area contributed by atoms with E-state index < -0.39 is 8.96 Å². The standard InChI is InChI=1S/C3H10NSi/c1-4-5(2)3/h4-5H,1H2,2-3H3. The van der Waals surface area contributed by atoms with Crippen LogP contribution in [0.4, 0.5) is 0 Å². The summed E-state index contributed by atoms with van der Waals surface area (Å²) >= 11 is 0. The van der Waals surface area contributed by atoms with Gasteiger partial charge in [0.15, 0.2) is 0 Å². The van der Waals surface area contributed by atoms with E-state index >= 15 is 0 Å². The first-order chi connectivity index (χ1) is 2.27. The Morgan fingerprint density at radius 3 is 1.80 bits per heavy atom. The lowest BCUT2D eigenvalue weighted by atomic mass is 11.6. The summed E-state index contributed by atoms with van der Waals surface area (Å²) in [5.74, 6) is 0. The molecule has 5 heavy (non-hydrogen) atoms. The van der Waals surface area contributed by atoms with Crippen LogP contribution in [0.2, 0.25) is 13.1 Å². The van der Waals surface area contributed by atoms with Crippen molar-refractivity contribution in [3.05, 3.63) is 7.05 Å². The molecule has 0 aliphatic rings. The Kier molecular flexibility index (Phi) is 2.50. The molecule has 1 nitrogen and oxygen atoms in total. The summed E-state index contributed by atoms with van der Waals surface area (Å²) in [5.41, 5.74) is 0. The number of nitrogens with one attached hydrogen (secondary N) is 1. The first-order valence-corrected chi connectivity index (χ1v) is 4.68. The Labute approximate surface area is 35.1 Å². The highest BCUT2D eigenvalue weighted by atomic mass is 28.3. The molecule has 0 rings (SSSR count). The molecule has 0 aliphatic heterocycles. The van der Waals surface area contributed by atoms with Gasteiger partial charge in [0.2, 0.25) is 0 Å². The second-order valence-corrected chi connectivity index (χ2v) is 4.08. The molecule has 1 radical (unpaired) electrons. The predicted molar refractivity (Wildman–Crippen MR) is 27.4 cm³/mol. The molecule has 0 aliphatic carbocycles. The van der Waals surface area contributed by atoms with E-state index in [1.54, 1.807) is 0 Å². The van der Waals surface area contributed by atoms with E-state index in [0.717, 1.165) is 0 Å². The number of hydrogen-bond donors (Lipinski definition) is 1. The van der Waals surface area contributed by atoms with E-state index in [-0.39, 0.29) is 0 Å². The van der Waals surface area contributed by atoms with Gasteiger partial charge in [0.1, 0.15) is 8.96 Å². The molecule has 0 heterocycles. The molecule has 0 spiro atoms. The maximum Gasteiger partial charge on any atom is 0.102 e. The Bertz CT molecular complexity index is 20.9. The lowest BCUT2D eigenvalue weighted by Gasteiger charge is -1.92. The number of hydrogen-bond acceptors (Lipinski definition) is 1. The van der Waals surface area contributed by atoms with Crippen molar-refractivity contribution in [2.24, 2.45) is 0 Å². The molecular formula is C3H10NSi. The summed E-state index contributed by atoms with van der Waals surface area (Å²) < 4.78 is 0. The molecule has 0 atom stereocenters. The van der Waals surface area contributed by atoms with E-state index in [2.05, 4.69) is 25.1 Å². The van der Waals surface area contributed by atoms with Gasteiger partial charge in [-0.2, -0.15) is 0 Å². The van der Waals surface area contributed by atoms with Crippen LogP contribution in [0, 0.1) is 7.05 Å². The van der Waals surface area contributed by atoms with Gasteiger partial charge in [-0.15, -0.1) is 0 Å². The molecule has 31 valence electrons. The van der Waals surface area contributed by atoms with Crippen molar-refractivity contribution < 1.29 is 0 Å². The van der Waals surface area contributed by atoms with E-state index in [4.69, 9.17) is 0 Å². The zero-order chi connectivity index (χ0) is 4.28. The predicted octanol–water partition coefficient (Wildman–Crippen LogP) is 0.351. The van der Waals surface area contributed by atoms with Crippen LogP contribution in [0.1, 0.15) is 0 Å². The summed E-state index contributed by atoms with van der Waals surface area (Å²) in [5, 5.41) is 0. The van der Waals surface area contributed by atoms with E-state index in [0.29, 0.717) is 0 Å². The fraction of sp³-hybridized carbons (Fsp3) is 0.667. The molecule has 0 fully saturated rings. The summed E-state index contributed by atoms with van der Waals surface area (Å²) in [7, 11) is 2.99. The lowest BCUT2D eigenvalue weighted by Crippen LogP contribution is -2.18.